The second kappa shape index (κ2) is 9.26. The van der Waals surface area contributed by atoms with Gasteiger partial charge in [-0.1, -0.05) is 18.2 Å². The molecule has 0 unspecified atom stereocenters. The first-order valence-corrected chi connectivity index (χ1v) is 11.5. The van der Waals surface area contributed by atoms with Crippen LogP contribution in [0.2, 0.25) is 0 Å². The van der Waals surface area contributed by atoms with Gasteiger partial charge in [0, 0.05) is 23.4 Å². The molecule has 0 heterocycles. The Bertz CT molecular complexity index is 1350. The van der Waals surface area contributed by atoms with E-state index >= 15 is 0 Å². The van der Waals surface area contributed by atoms with Crippen molar-refractivity contribution >= 4 is 17.1 Å². The van der Waals surface area contributed by atoms with Crippen molar-refractivity contribution in [3.63, 3.8) is 0 Å². The van der Waals surface area contributed by atoms with Gasteiger partial charge in [0.25, 0.3) is 0 Å². The molecule has 0 spiro atoms. The van der Waals surface area contributed by atoms with Gasteiger partial charge in [-0.15, -0.1) is 0 Å². The van der Waals surface area contributed by atoms with Crippen molar-refractivity contribution in [1.29, 1.82) is 0 Å². The van der Waals surface area contributed by atoms with Crippen LogP contribution in [0, 0.1) is 41.5 Å². The van der Waals surface area contributed by atoms with E-state index in [4.69, 9.17) is 4.74 Å². The minimum absolute atomic E-state index is 0.208. The third-order valence-corrected chi connectivity index (χ3v) is 6.42. The maximum absolute atomic E-state index is 10.5. The van der Waals surface area contributed by atoms with Gasteiger partial charge >= 0.3 is 0 Å². The van der Waals surface area contributed by atoms with E-state index in [-0.39, 0.29) is 17.2 Å². The lowest BCUT2D eigenvalue weighted by Crippen LogP contribution is -2.13. The summed E-state index contributed by atoms with van der Waals surface area (Å²) in [6.45, 7) is 11.4. The zero-order valence-electron chi connectivity index (χ0n) is 21.0. The second-order valence-corrected chi connectivity index (χ2v) is 9.14. The molecule has 35 heavy (non-hydrogen) atoms. The van der Waals surface area contributed by atoms with Crippen molar-refractivity contribution in [1.82, 2.24) is 0 Å². The molecule has 0 saturated carbocycles. The minimum Gasteiger partial charge on any atom is -0.508 e. The molecule has 4 rings (SSSR count). The van der Waals surface area contributed by atoms with Gasteiger partial charge in [-0.05, 0) is 99.7 Å². The highest BCUT2D eigenvalue weighted by Gasteiger charge is 2.20. The highest BCUT2D eigenvalue weighted by Crippen LogP contribution is 2.43. The molecule has 0 radical (unpaired) electrons. The standard InChI is InChI=1S/C30H31NO4/c1-17-7-12-29(22(6)30(17)34)35-24-10-8-23(9-11-24)31(25-15-27(32)20(4)13-18(25)2)26-16-28(33)21(5)14-19(26)3/h7-16,32-34H,1-6H3. The maximum Gasteiger partial charge on any atom is 0.134 e. The molecule has 3 N–H and O–H groups in total. The molecular formula is C30H31NO4. The van der Waals surface area contributed by atoms with E-state index in [1.54, 1.807) is 12.1 Å². The molecule has 0 atom stereocenters. The molecule has 5 nitrogen and oxygen atoms in total. The van der Waals surface area contributed by atoms with Crippen LogP contribution in [0.5, 0.6) is 28.7 Å². The topological polar surface area (TPSA) is 73.2 Å². The third-order valence-electron chi connectivity index (χ3n) is 6.42. The summed E-state index contributed by atoms with van der Waals surface area (Å²) in [4.78, 5) is 2.02. The number of nitrogens with zero attached hydrogens (tertiary/aromatic N) is 1. The highest BCUT2D eigenvalue weighted by molar-refractivity contribution is 5.82. The molecule has 0 aliphatic heterocycles. The van der Waals surface area contributed by atoms with Crippen molar-refractivity contribution < 1.29 is 20.1 Å². The van der Waals surface area contributed by atoms with Crippen molar-refractivity contribution in [2.24, 2.45) is 0 Å². The monoisotopic (exact) mass is 469 g/mol. The lowest BCUT2D eigenvalue weighted by Gasteiger charge is -2.29. The van der Waals surface area contributed by atoms with Gasteiger partial charge in [-0.3, -0.25) is 0 Å². The summed E-state index contributed by atoms with van der Waals surface area (Å²) in [5.74, 6) is 1.87. The number of hydrogen-bond acceptors (Lipinski definition) is 5. The van der Waals surface area contributed by atoms with Crippen LogP contribution < -0.4 is 9.64 Å². The summed E-state index contributed by atoms with van der Waals surface area (Å²) < 4.78 is 6.05. The van der Waals surface area contributed by atoms with Crippen LogP contribution in [0.4, 0.5) is 17.1 Å². The molecule has 180 valence electrons. The number of rotatable bonds is 5. The number of benzene rings is 4. The normalized spacial score (nSPS) is 10.9. The Hall–Kier alpha value is -4.12. The van der Waals surface area contributed by atoms with Crippen molar-refractivity contribution in [3.8, 4) is 28.7 Å². The van der Waals surface area contributed by atoms with Gasteiger partial charge in [-0.25, -0.2) is 0 Å². The molecule has 4 aromatic carbocycles. The van der Waals surface area contributed by atoms with Crippen LogP contribution in [-0.4, -0.2) is 15.3 Å². The average Bonchev–Trinajstić information content (AvgIpc) is 2.82. The lowest BCUT2D eigenvalue weighted by molar-refractivity contribution is 0.445. The zero-order chi connectivity index (χ0) is 25.4. The molecule has 0 aliphatic carbocycles. The molecular weight excluding hydrogens is 438 g/mol. The molecule has 0 bridgehead atoms. The lowest BCUT2D eigenvalue weighted by atomic mass is 10.0. The summed E-state index contributed by atoms with van der Waals surface area (Å²) >= 11 is 0. The second-order valence-electron chi connectivity index (χ2n) is 9.14. The van der Waals surface area contributed by atoms with E-state index in [1.165, 1.54) is 0 Å². The summed E-state index contributed by atoms with van der Waals surface area (Å²) in [6, 6.07) is 18.7. The Morgan fingerprint density at radius 1 is 0.571 bits per heavy atom. The molecule has 0 saturated heterocycles. The van der Waals surface area contributed by atoms with Crippen LogP contribution in [0.25, 0.3) is 0 Å². The van der Waals surface area contributed by atoms with Gasteiger partial charge in [-0.2, -0.15) is 0 Å². The van der Waals surface area contributed by atoms with E-state index in [0.717, 1.165) is 44.9 Å². The summed E-state index contributed by atoms with van der Waals surface area (Å²) in [6.07, 6.45) is 0. The highest BCUT2D eigenvalue weighted by atomic mass is 16.5. The Balaban J connectivity index is 1.80. The molecule has 0 aromatic heterocycles. The Kier molecular flexibility index (Phi) is 6.35. The Labute approximate surface area is 206 Å². The SMILES string of the molecule is Cc1cc(C)c(N(c2ccc(Oc3ccc(C)c(O)c3C)cc2)c2cc(O)c(C)cc2C)cc1O. The number of anilines is 3. The quantitative estimate of drug-likeness (QED) is 0.277. The van der Waals surface area contributed by atoms with Crippen LogP contribution >= 0.6 is 0 Å². The molecule has 0 aliphatic rings. The van der Waals surface area contributed by atoms with E-state index in [0.29, 0.717) is 17.1 Å². The van der Waals surface area contributed by atoms with E-state index in [2.05, 4.69) is 0 Å². The number of ether oxygens (including phenoxy) is 1. The number of phenolic OH excluding ortho intramolecular Hbond substituents is 3. The summed E-state index contributed by atoms with van der Waals surface area (Å²) in [7, 11) is 0. The van der Waals surface area contributed by atoms with Crippen molar-refractivity contribution in [2.45, 2.75) is 41.5 Å². The zero-order valence-corrected chi connectivity index (χ0v) is 21.0. The first kappa shape index (κ1) is 24.0. The molecule has 5 heteroatoms. The average molecular weight is 470 g/mol. The minimum atomic E-state index is 0.208. The summed E-state index contributed by atoms with van der Waals surface area (Å²) in [5.41, 5.74) is 7.54. The maximum atomic E-state index is 10.5. The summed E-state index contributed by atoms with van der Waals surface area (Å²) in [5, 5.41) is 31.2. The number of phenols is 3. The fourth-order valence-corrected chi connectivity index (χ4v) is 4.27. The van der Waals surface area contributed by atoms with Gasteiger partial charge in [0.15, 0.2) is 0 Å². The third kappa shape index (κ3) is 4.62. The number of aromatic hydroxyl groups is 3. The molecule has 4 aromatic rings. The Morgan fingerprint density at radius 3 is 1.60 bits per heavy atom. The first-order chi connectivity index (χ1) is 16.6. The van der Waals surface area contributed by atoms with E-state index < -0.39 is 0 Å². The van der Waals surface area contributed by atoms with E-state index in [1.807, 2.05) is 95.0 Å². The van der Waals surface area contributed by atoms with Crippen LogP contribution in [-0.2, 0) is 0 Å². The first-order valence-electron chi connectivity index (χ1n) is 11.5. The van der Waals surface area contributed by atoms with Gasteiger partial charge in [0.2, 0.25) is 0 Å². The van der Waals surface area contributed by atoms with E-state index in [9.17, 15) is 15.3 Å². The van der Waals surface area contributed by atoms with Crippen LogP contribution in [0.15, 0.2) is 60.7 Å². The fourth-order valence-electron chi connectivity index (χ4n) is 4.27. The van der Waals surface area contributed by atoms with Gasteiger partial charge in [0.1, 0.15) is 28.7 Å². The molecule has 0 amide bonds. The largest absolute Gasteiger partial charge is 0.508 e. The molecule has 0 fully saturated rings. The fraction of sp³-hybridized carbons (Fsp3) is 0.200. The predicted octanol–water partition coefficient (Wildman–Crippen LogP) is 7.92. The smallest absolute Gasteiger partial charge is 0.134 e. The predicted molar refractivity (Wildman–Crippen MR) is 141 cm³/mol. The van der Waals surface area contributed by atoms with Crippen LogP contribution in [0.3, 0.4) is 0 Å². The van der Waals surface area contributed by atoms with Crippen molar-refractivity contribution in [3.05, 3.63) is 94.0 Å². The van der Waals surface area contributed by atoms with Crippen molar-refractivity contribution in [2.75, 3.05) is 4.90 Å². The van der Waals surface area contributed by atoms with Gasteiger partial charge in [0.05, 0.1) is 11.4 Å². The number of hydrogen-bond donors (Lipinski definition) is 3. The van der Waals surface area contributed by atoms with Gasteiger partial charge < -0.3 is 25.0 Å². The number of aryl methyl sites for hydroxylation is 5. The van der Waals surface area contributed by atoms with Crippen LogP contribution in [0.1, 0.15) is 33.4 Å². The Morgan fingerprint density at radius 2 is 1.09 bits per heavy atom.